The van der Waals surface area contributed by atoms with E-state index in [9.17, 15) is 0 Å². The quantitative estimate of drug-likeness (QED) is 0.198. The van der Waals surface area contributed by atoms with Crippen LogP contribution in [0.5, 0.6) is 0 Å². The fraction of sp³-hybridized carbons (Fsp3) is 0. The molecule has 0 bridgehead atoms. The van der Waals surface area contributed by atoms with Gasteiger partial charge in [0.05, 0.1) is 0 Å². The van der Waals surface area contributed by atoms with Crippen molar-refractivity contribution in [3.8, 4) is 0 Å². The van der Waals surface area contributed by atoms with E-state index in [4.69, 9.17) is 52.6 Å². The average Bonchev–Trinajstić information content (AvgIpc) is 1.41. The largest absolute Gasteiger partial charge is 4.00 e. The Kier molecular flexibility index (Phi) is 21.9. The van der Waals surface area contributed by atoms with Crippen LogP contribution in [0.3, 0.4) is 0 Å². The molecule has 105 valence electrons. The van der Waals surface area contributed by atoms with Crippen LogP contribution in [0.25, 0.3) is 0 Å². The van der Waals surface area contributed by atoms with Crippen LogP contribution in [-0.2, 0) is 74.5 Å². The van der Waals surface area contributed by atoms with Crippen molar-refractivity contribution >= 4 is 31.2 Å². The first-order valence-corrected chi connectivity index (χ1v) is 6.00. The van der Waals surface area contributed by atoms with Crippen molar-refractivity contribution < 1.29 is 95.8 Å². The zero-order valence-corrected chi connectivity index (χ0v) is 12.8. The van der Waals surface area contributed by atoms with E-state index in [0.29, 0.717) is 0 Å². The van der Waals surface area contributed by atoms with E-state index in [-0.39, 0.29) is 43.3 Å². The van der Waals surface area contributed by atoms with Crippen LogP contribution >= 0.6 is 0 Å². The molecule has 0 aromatic rings. The van der Waals surface area contributed by atoms with Crippen LogP contribution in [-0.4, -0.2) is 52.6 Å². The molecule has 0 unspecified atom stereocenters. The summed E-state index contributed by atoms with van der Waals surface area (Å²) in [6.07, 6.45) is 0. The van der Waals surface area contributed by atoms with E-state index in [1.807, 2.05) is 0 Å². The summed E-state index contributed by atoms with van der Waals surface area (Å²) in [5, 5.41) is 0. The van der Waals surface area contributed by atoms with E-state index < -0.39 is 31.2 Å². The summed E-state index contributed by atoms with van der Waals surface area (Å²) in [6.45, 7) is 0. The maximum atomic E-state index is 8.52. The van der Waals surface area contributed by atoms with E-state index in [1.54, 1.807) is 0 Å². The van der Waals surface area contributed by atoms with Gasteiger partial charge >= 0.3 is 43.3 Å². The molecule has 0 N–H and O–H groups in total. The van der Waals surface area contributed by atoms with E-state index in [0.717, 1.165) is 0 Å². The Balaban J connectivity index is -0.0000000400. The molecule has 17 heteroatoms. The van der Waals surface area contributed by atoms with Crippen molar-refractivity contribution in [3.63, 3.8) is 0 Å². The summed E-state index contributed by atoms with van der Waals surface area (Å²) < 4.78 is 102. The average molecular weight is 443 g/mol. The third-order valence-electron chi connectivity index (χ3n) is 0. The van der Waals surface area contributed by atoms with Gasteiger partial charge in [0, 0.05) is 31.2 Å². The number of rotatable bonds is 0. The Morgan fingerprint density at radius 1 is 0.471 bits per heavy atom. The number of hydrogen-bond acceptors (Lipinski definition) is 12. The fourth-order valence-electron chi connectivity index (χ4n) is 0. The molecule has 0 atom stereocenters. The van der Waals surface area contributed by atoms with Gasteiger partial charge in [0.25, 0.3) is 0 Å². The van der Waals surface area contributed by atoms with Crippen LogP contribution in [0.4, 0.5) is 0 Å². The molecule has 17 heavy (non-hydrogen) atoms. The molecule has 0 aliphatic carbocycles. The summed E-state index contributed by atoms with van der Waals surface area (Å²) in [4.78, 5) is 0. The normalized spacial score (nSPS) is 10.2. The number of hydrogen-bond donors (Lipinski definition) is 0. The van der Waals surface area contributed by atoms with Gasteiger partial charge in [-0.1, -0.05) is 0 Å². The second kappa shape index (κ2) is 12.1. The smallest absolute Gasteiger partial charge is 0.759 e. The Bertz CT molecular complexity index is 343. The molecule has 0 aromatic carbocycles. The van der Waals surface area contributed by atoms with E-state index >= 15 is 0 Å². The molecule has 0 aliphatic rings. The maximum Gasteiger partial charge on any atom is 4.00 e. The van der Waals surface area contributed by atoms with Crippen molar-refractivity contribution in [2.24, 2.45) is 0 Å². The Labute approximate surface area is 126 Å². The predicted octanol–water partition coefficient (Wildman–Crippen LogP) is -4.02. The molecule has 0 rings (SSSR count). The molecular weight excluding hydrogens is 443 g/mol. The Hall–Kier alpha value is 1.01. The molecule has 0 aliphatic heterocycles. The monoisotopic (exact) mass is 441 g/mol. The van der Waals surface area contributed by atoms with Crippen molar-refractivity contribution in [2.45, 2.75) is 0 Å². The topological polar surface area (TPSA) is 241 Å². The molecule has 0 saturated heterocycles. The minimum atomic E-state index is -5.17. The third-order valence-corrected chi connectivity index (χ3v) is 0. The van der Waals surface area contributed by atoms with Gasteiger partial charge in [0.2, 0.25) is 0 Å². The summed E-state index contributed by atoms with van der Waals surface area (Å²) in [5.41, 5.74) is 0. The van der Waals surface area contributed by atoms with Gasteiger partial charge in [-0.2, -0.15) is 0 Å². The molecule has 0 fully saturated rings. The molecular formula is CuO12S3Zr. The van der Waals surface area contributed by atoms with Gasteiger partial charge in [-0.15, -0.1) is 0 Å². The predicted molar refractivity (Wildman–Crippen MR) is 31.4 cm³/mol. The van der Waals surface area contributed by atoms with Gasteiger partial charge in [-0.25, -0.2) is 0 Å². The minimum Gasteiger partial charge on any atom is -0.759 e. The zero-order valence-electron chi connectivity index (χ0n) is 6.93. The summed E-state index contributed by atoms with van der Waals surface area (Å²) in [7, 11) is -15.5. The molecule has 12 nitrogen and oxygen atoms in total. The summed E-state index contributed by atoms with van der Waals surface area (Å²) in [5.74, 6) is 0. The van der Waals surface area contributed by atoms with Gasteiger partial charge in [-0.05, 0) is 0 Å². The second-order valence-corrected chi connectivity index (χ2v) is 3.67. The van der Waals surface area contributed by atoms with Gasteiger partial charge in [0.15, 0.2) is 0 Å². The van der Waals surface area contributed by atoms with E-state index in [1.165, 1.54) is 0 Å². The molecule has 0 amide bonds. The molecule has 0 saturated carbocycles. The van der Waals surface area contributed by atoms with Crippen molar-refractivity contribution in [1.29, 1.82) is 0 Å². The van der Waals surface area contributed by atoms with Crippen molar-refractivity contribution in [3.05, 3.63) is 0 Å². The molecule has 0 spiro atoms. The van der Waals surface area contributed by atoms with Crippen molar-refractivity contribution in [1.82, 2.24) is 0 Å². The van der Waals surface area contributed by atoms with Crippen LogP contribution in [0.15, 0.2) is 0 Å². The first-order valence-electron chi connectivity index (χ1n) is 2.00. The molecule has 0 heterocycles. The molecule has 0 aromatic heterocycles. The third kappa shape index (κ3) is 3740. The first-order chi connectivity index (χ1) is 6.00. The van der Waals surface area contributed by atoms with Crippen LogP contribution < -0.4 is 0 Å². The van der Waals surface area contributed by atoms with Crippen molar-refractivity contribution in [2.75, 3.05) is 0 Å². The summed E-state index contributed by atoms with van der Waals surface area (Å²) in [6, 6.07) is 0. The maximum absolute atomic E-state index is 8.52. The van der Waals surface area contributed by atoms with Crippen LogP contribution in [0, 0.1) is 0 Å². The van der Waals surface area contributed by atoms with Gasteiger partial charge < -0.3 is 27.3 Å². The standard InChI is InChI=1S/Cu.3H2O4S.Zr/c;3*1-5(2,3)4;/h;3*(H2,1,2,3,4);/q+2;;;;+4/p-6. The van der Waals surface area contributed by atoms with Crippen LogP contribution in [0.1, 0.15) is 0 Å². The zero-order chi connectivity index (χ0) is 13.5. The molecule has 1 radical (unpaired) electrons. The Morgan fingerprint density at radius 3 is 0.471 bits per heavy atom. The van der Waals surface area contributed by atoms with E-state index in [2.05, 4.69) is 0 Å². The second-order valence-electron chi connectivity index (χ2n) is 1.22. The van der Waals surface area contributed by atoms with Gasteiger partial charge in [-0.3, -0.25) is 25.3 Å². The Morgan fingerprint density at radius 2 is 0.471 bits per heavy atom. The summed E-state index contributed by atoms with van der Waals surface area (Å²) >= 11 is 0. The van der Waals surface area contributed by atoms with Gasteiger partial charge in [0.1, 0.15) is 0 Å². The fourth-order valence-corrected chi connectivity index (χ4v) is 0. The first kappa shape index (κ1) is 30.8. The van der Waals surface area contributed by atoms with Crippen LogP contribution in [0.2, 0.25) is 0 Å². The minimum absolute atomic E-state index is 0. The SMILES string of the molecule is O=S(=O)([O-])[O-].O=S(=O)([O-])[O-].O=S(=O)([O-])[O-].[Cu+2].[Zr+4].